The van der Waals surface area contributed by atoms with E-state index < -0.39 is 26.2 Å². The van der Waals surface area contributed by atoms with Crippen LogP contribution in [0.1, 0.15) is 12.5 Å². The van der Waals surface area contributed by atoms with Crippen molar-refractivity contribution in [3.05, 3.63) is 64.2 Å². The summed E-state index contributed by atoms with van der Waals surface area (Å²) in [5.41, 5.74) is 0.661. The molecule has 0 spiro atoms. The monoisotopic (exact) mass is 382 g/mol. The van der Waals surface area contributed by atoms with Gasteiger partial charge in [-0.1, -0.05) is 18.2 Å². The lowest BCUT2D eigenvalue weighted by Gasteiger charge is -2.28. The van der Waals surface area contributed by atoms with Crippen LogP contribution in [0.3, 0.4) is 0 Å². The van der Waals surface area contributed by atoms with Gasteiger partial charge in [-0.15, -0.1) is 0 Å². The molecular formula is C16H15ClN2O5S. The first kappa shape index (κ1) is 18.9. The van der Waals surface area contributed by atoms with Crippen LogP contribution in [0, 0.1) is 17.0 Å². The van der Waals surface area contributed by atoms with Crippen molar-refractivity contribution in [2.24, 2.45) is 0 Å². The molecule has 0 N–H and O–H groups in total. The molecule has 1 unspecified atom stereocenters. The van der Waals surface area contributed by atoms with E-state index in [2.05, 4.69) is 0 Å². The Kier molecular flexibility index (Phi) is 5.44. The number of nitrogens with zero attached hydrogens (tertiary/aromatic N) is 2. The van der Waals surface area contributed by atoms with Crippen molar-refractivity contribution in [1.82, 2.24) is 0 Å². The summed E-state index contributed by atoms with van der Waals surface area (Å²) in [6, 6.07) is 9.98. The van der Waals surface area contributed by atoms with E-state index >= 15 is 0 Å². The Labute approximate surface area is 150 Å². The lowest BCUT2D eigenvalue weighted by Crippen LogP contribution is -2.42. The Hall–Kier alpha value is -2.45. The fourth-order valence-electron chi connectivity index (χ4n) is 2.30. The van der Waals surface area contributed by atoms with Gasteiger partial charge in [-0.3, -0.25) is 19.2 Å². The van der Waals surface area contributed by atoms with Crippen LogP contribution in [-0.4, -0.2) is 24.6 Å². The van der Waals surface area contributed by atoms with Crippen LogP contribution >= 0.6 is 11.6 Å². The molecule has 0 aliphatic heterocycles. The quantitative estimate of drug-likeness (QED) is 0.434. The molecule has 0 aromatic heterocycles. The zero-order valence-corrected chi connectivity index (χ0v) is 15.0. The SMILES string of the molecule is Cc1cccc(N(C(C)C(=O)Cl)S(=O)(=O)c2cccc([N+](=O)[O-])c2)c1. The van der Waals surface area contributed by atoms with Crippen molar-refractivity contribution >= 4 is 38.2 Å². The van der Waals surface area contributed by atoms with Crippen molar-refractivity contribution in [1.29, 1.82) is 0 Å². The maximum Gasteiger partial charge on any atom is 0.270 e. The summed E-state index contributed by atoms with van der Waals surface area (Å²) in [5.74, 6) is 0. The van der Waals surface area contributed by atoms with E-state index in [1.807, 2.05) is 0 Å². The fraction of sp³-hybridized carbons (Fsp3) is 0.188. The molecule has 0 heterocycles. The summed E-state index contributed by atoms with van der Waals surface area (Å²) in [5, 5.41) is 10.1. The number of nitro benzene ring substituents is 1. The normalized spacial score (nSPS) is 12.4. The molecule has 2 rings (SSSR count). The predicted octanol–water partition coefficient (Wildman–Crippen LogP) is 3.25. The highest BCUT2D eigenvalue weighted by Gasteiger charge is 2.33. The van der Waals surface area contributed by atoms with Crippen molar-refractivity contribution in [3.8, 4) is 0 Å². The summed E-state index contributed by atoms with van der Waals surface area (Å²) < 4.78 is 27.0. The van der Waals surface area contributed by atoms with Crippen LogP contribution in [0.5, 0.6) is 0 Å². The minimum Gasteiger partial charge on any atom is -0.279 e. The number of hydrogen-bond acceptors (Lipinski definition) is 5. The zero-order valence-electron chi connectivity index (χ0n) is 13.4. The number of rotatable bonds is 6. The van der Waals surface area contributed by atoms with Gasteiger partial charge < -0.3 is 0 Å². The van der Waals surface area contributed by atoms with Gasteiger partial charge in [0.15, 0.2) is 0 Å². The highest BCUT2D eigenvalue weighted by molar-refractivity contribution is 7.93. The summed E-state index contributed by atoms with van der Waals surface area (Å²) in [6.45, 7) is 3.13. The van der Waals surface area contributed by atoms with Crippen molar-refractivity contribution in [3.63, 3.8) is 0 Å². The molecule has 0 aliphatic carbocycles. The molecule has 0 saturated heterocycles. The number of nitro groups is 1. The minimum atomic E-state index is -4.25. The lowest BCUT2D eigenvalue weighted by molar-refractivity contribution is -0.385. The third kappa shape index (κ3) is 3.97. The van der Waals surface area contributed by atoms with Crippen LogP contribution in [0.25, 0.3) is 0 Å². The average molecular weight is 383 g/mol. The molecule has 0 radical (unpaired) electrons. The van der Waals surface area contributed by atoms with Gasteiger partial charge in [0.25, 0.3) is 15.7 Å². The minimum absolute atomic E-state index is 0.244. The molecule has 25 heavy (non-hydrogen) atoms. The first-order chi connectivity index (χ1) is 11.6. The lowest BCUT2D eigenvalue weighted by atomic mass is 10.2. The third-order valence-electron chi connectivity index (χ3n) is 3.52. The Morgan fingerprint density at radius 2 is 1.84 bits per heavy atom. The molecule has 1 atom stereocenters. The largest absolute Gasteiger partial charge is 0.279 e. The van der Waals surface area contributed by atoms with E-state index in [-0.39, 0.29) is 16.3 Å². The number of sulfonamides is 1. The van der Waals surface area contributed by atoms with Crippen LogP contribution in [0.15, 0.2) is 53.4 Å². The summed E-state index contributed by atoms with van der Waals surface area (Å²) in [4.78, 5) is 21.6. The van der Waals surface area contributed by atoms with Crippen LogP contribution in [0.2, 0.25) is 0 Å². The van der Waals surface area contributed by atoms with Gasteiger partial charge in [-0.2, -0.15) is 0 Å². The molecule has 0 fully saturated rings. The van der Waals surface area contributed by atoms with Gasteiger partial charge in [-0.25, -0.2) is 8.42 Å². The Balaban J connectivity index is 2.65. The molecular weight excluding hydrogens is 368 g/mol. The Morgan fingerprint density at radius 3 is 2.40 bits per heavy atom. The molecule has 2 aromatic rings. The molecule has 0 aliphatic rings. The number of carbonyl (C=O) groups excluding carboxylic acids is 1. The standard InChI is InChI=1S/C16H15ClN2O5S/c1-11-5-3-6-13(9-11)18(12(2)16(17)20)25(23,24)15-8-4-7-14(10-15)19(21)22/h3-10,12H,1-2H3. The molecule has 2 aromatic carbocycles. The van der Waals surface area contributed by atoms with Crippen molar-refractivity contribution in [2.45, 2.75) is 24.8 Å². The molecule has 0 saturated carbocycles. The number of hydrogen-bond donors (Lipinski definition) is 0. The maximum atomic E-state index is 13.1. The van der Waals surface area contributed by atoms with E-state index in [1.54, 1.807) is 25.1 Å². The van der Waals surface area contributed by atoms with E-state index in [4.69, 9.17) is 11.6 Å². The van der Waals surface area contributed by atoms with Crippen molar-refractivity contribution in [2.75, 3.05) is 4.31 Å². The first-order valence-corrected chi connectivity index (χ1v) is 9.01. The van der Waals surface area contributed by atoms with Gasteiger partial charge in [0.05, 0.1) is 15.5 Å². The van der Waals surface area contributed by atoms with E-state index in [0.29, 0.717) is 0 Å². The number of anilines is 1. The topological polar surface area (TPSA) is 97.6 Å². The number of benzene rings is 2. The summed E-state index contributed by atoms with van der Waals surface area (Å²) in [7, 11) is -4.25. The highest BCUT2D eigenvalue weighted by Crippen LogP contribution is 2.29. The summed E-state index contributed by atoms with van der Waals surface area (Å²) >= 11 is 5.53. The highest BCUT2D eigenvalue weighted by atomic mass is 35.5. The average Bonchev–Trinajstić information content (AvgIpc) is 2.54. The molecule has 0 amide bonds. The van der Waals surface area contributed by atoms with Gasteiger partial charge in [0, 0.05) is 12.1 Å². The smallest absolute Gasteiger partial charge is 0.270 e. The van der Waals surface area contributed by atoms with Crippen LogP contribution in [0.4, 0.5) is 11.4 Å². The second-order valence-electron chi connectivity index (χ2n) is 5.37. The molecule has 132 valence electrons. The molecule has 9 heteroatoms. The van der Waals surface area contributed by atoms with Crippen molar-refractivity contribution < 1.29 is 18.1 Å². The van der Waals surface area contributed by atoms with Gasteiger partial charge in [-0.05, 0) is 49.2 Å². The number of carbonyl (C=O) groups is 1. The predicted molar refractivity (Wildman–Crippen MR) is 94.3 cm³/mol. The first-order valence-electron chi connectivity index (χ1n) is 7.19. The molecule has 0 bridgehead atoms. The second kappa shape index (κ2) is 7.20. The number of aryl methyl sites for hydroxylation is 1. The Morgan fingerprint density at radius 1 is 1.20 bits per heavy atom. The maximum absolute atomic E-state index is 13.1. The van der Waals surface area contributed by atoms with Crippen LogP contribution < -0.4 is 4.31 Å². The van der Waals surface area contributed by atoms with Gasteiger partial charge in [0.1, 0.15) is 6.04 Å². The number of halogens is 1. The third-order valence-corrected chi connectivity index (χ3v) is 5.73. The Bertz CT molecular complexity index is 930. The number of non-ortho nitro benzene ring substituents is 1. The van der Waals surface area contributed by atoms with E-state index in [1.165, 1.54) is 31.2 Å². The van der Waals surface area contributed by atoms with Gasteiger partial charge >= 0.3 is 0 Å². The molecule has 7 nitrogen and oxygen atoms in total. The van der Waals surface area contributed by atoms with E-state index in [0.717, 1.165) is 15.9 Å². The summed E-state index contributed by atoms with van der Waals surface area (Å²) in [6.07, 6.45) is 0. The second-order valence-corrected chi connectivity index (χ2v) is 7.56. The zero-order chi connectivity index (χ0) is 18.8. The van der Waals surface area contributed by atoms with Gasteiger partial charge in [0.2, 0.25) is 5.24 Å². The van der Waals surface area contributed by atoms with E-state index in [9.17, 15) is 23.3 Å². The van der Waals surface area contributed by atoms with Crippen LogP contribution in [-0.2, 0) is 14.8 Å². The fourth-order valence-corrected chi connectivity index (χ4v) is 4.10.